The van der Waals surface area contributed by atoms with E-state index < -0.39 is 6.10 Å². The predicted octanol–water partition coefficient (Wildman–Crippen LogP) is 2.91. The summed E-state index contributed by atoms with van der Waals surface area (Å²) in [6.45, 7) is 10.6. The Kier molecular flexibility index (Phi) is 8.19. The summed E-state index contributed by atoms with van der Waals surface area (Å²) in [5, 5.41) is 10.1. The average Bonchev–Trinajstić information content (AvgIpc) is 2.48. The van der Waals surface area contributed by atoms with Crippen molar-refractivity contribution in [2.24, 2.45) is 0 Å². The summed E-state index contributed by atoms with van der Waals surface area (Å²) in [6.07, 6.45) is 5.67. The molecule has 0 bridgehead atoms. The number of rotatable bonds is 9. The zero-order valence-electron chi connectivity index (χ0n) is 14.3. The highest BCUT2D eigenvalue weighted by atomic mass is 16.5. The Morgan fingerprint density at radius 3 is 2.68 bits per heavy atom. The van der Waals surface area contributed by atoms with Crippen LogP contribution < -0.4 is 0 Å². The van der Waals surface area contributed by atoms with Crippen molar-refractivity contribution in [1.82, 2.24) is 4.90 Å². The highest BCUT2D eigenvalue weighted by molar-refractivity contribution is 5.30. The maximum Gasteiger partial charge on any atom is 0.107 e. The van der Waals surface area contributed by atoms with E-state index >= 15 is 0 Å². The molecule has 0 fully saturated rings. The number of hydrogen-bond donors (Lipinski definition) is 1. The van der Waals surface area contributed by atoms with Crippen LogP contribution in [0.4, 0.5) is 0 Å². The monoisotopic (exact) mass is 303 g/mol. The van der Waals surface area contributed by atoms with Crippen molar-refractivity contribution in [3.63, 3.8) is 0 Å². The summed E-state index contributed by atoms with van der Waals surface area (Å²) < 4.78 is 5.24. The molecule has 122 valence electrons. The van der Waals surface area contributed by atoms with E-state index in [2.05, 4.69) is 56.7 Å². The van der Waals surface area contributed by atoms with E-state index in [9.17, 15) is 5.11 Å². The van der Waals surface area contributed by atoms with E-state index in [-0.39, 0.29) is 13.2 Å². The first kappa shape index (κ1) is 18.7. The Hall–Kier alpha value is -1.34. The van der Waals surface area contributed by atoms with Crippen molar-refractivity contribution in [2.45, 2.75) is 52.8 Å². The fraction of sp³-hybridized carbons (Fsp3) is 0.579. The van der Waals surface area contributed by atoms with E-state index in [0.29, 0.717) is 12.6 Å². The Balaban J connectivity index is 2.70. The molecule has 2 atom stereocenters. The highest BCUT2D eigenvalue weighted by Gasteiger charge is 2.18. The Morgan fingerprint density at radius 1 is 1.36 bits per heavy atom. The minimum Gasteiger partial charge on any atom is -0.389 e. The summed E-state index contributed by atoms with van der Waals surface area (Å²) in [4.78, 5) is 2.31. The van der Waals surface area contributed by atoms with Crippen LogP contribution in [0.2, 0.25) is 0 Å². The van der Waals surface area contributed by atoms with Crippen LogP contribution in [0.15, 0.2) is 18.2 Å². The van der Waals surface area contributed by atoms with Crippen LogP contribution in [0.5, 0.6) is 0 Å². The molecule has 1 aromatic carbocycles. The van der Waals surface area contributed by atoms with Crippen LogP contribution in [-0.2, 0) is 11.3 Å². The zero-order valence-corrected chi connectivity index (χ0v) is 14.3. The number of aliphatic hydroxyl groups excluding tert-OH is 1. The number of aryl methyl sites for hydroxylation is 2. The van der Waals surface area contributed by atoms with Gasteiger partial charge in [0.2, 0.25) is 0 Å². The molecular weight excluding hydrogens is 274 g/mol. The lowest BCUT2D eigenvalue weighted by Gasteiger charge is -2.31. The van der Waals surface area contributed by atoms with Gasteiger partial charge in [-0.2, -0.15) is 0 Å². The Labute approximate surface area is 135 Å². The van der Waals surface area contributed by atoms with Gasteiger partial charge in [-0.3, -0.25) is 4.90 Å². The first-order chi connectivity index (χ1) is 10.5. The summed E-state index contributed by atoms with van der Waals surface area (Å²) in [6, 6.07) is 6.93. The third-order valence-electron chi connectivity index (χ3n) is 4.03. The molecule has 1 N–H and O–H groups in total. The number of aliphatic hydroxyl groups is 1. The van der Waals surface area contributed by atoms with E-state index in [0.717, 1.165) is 13.0 Å². The van der Waals surface area contributed by atoms with Crippen LogP contribution >= 0.6 is 0 Å². The topological polar surface area (TPSA) is 32.7 Å². The smallest absolute Gasteiger partial charge is 0.107 e. The largest absolute Gasteiger partial charge is 0.389 e. The number of terminal acetylenes is 1. The summed E-state index contributed by atoms with van der Waals surface area (Å²) in [5.41, 5.74) is 3.88. The van der Waals surface area contributed by atoms with Gasteiger partial charge in [0, 0.05) is 19.1 Å². The molecule has 0 saturated heterocycles. The standard InChI is InChI=1S/C19H29NO2/c1-6-10-22-14-19(21)13-20(17(5)7-2)12-18-9-8-15(3)11-16(18)4/h1,8-9,11,17,19,21H,7,10,12-14H2,2-5H3/t17-,19+/m1/s1. The molecule has 3 nitrogen and oxygen atoms in total. The molecule has 0 spiro atoms. The van der Waals surface area contributed by atoms with Crippen LogP contribution in [0.1, 0.15) is 37.0 Å². The molecule has 0 aliphatic heterocycles. The molecule has 0 saturated carbocycles. The van der Waals surface area contributed by atoms with Crippen molar-refractivity contribution < 1.29 is 9.84 Å². The van der Waals surface area contributed by atoms with Gasteiger partial charge in [0.25, 0.3) is 0 Å². The molecule has 22 heavy (non-hydrogen) atoms. The Bertz CT molecular complexity index is 493. The highest BCUT2D eigenvalue weighted by Crippen LogP contribution is 2.16. The van der Waals surface area contributed by atoms with Crippen molar-refractivity contribution in [2.75, 3.05) is 19.8 Å². The van der Waals surface area contributed by atoms with E-state index in [1.165, 1.54) is 16.7 Å². The normalized spacial score (nSPS) is 13.9. The minimum atomic E-state index is -0.520. The van der Waals surface area contributed by atoms with E-state index in [1.807, 2.05) is 0 Å². The van der Waals surface area contributed by atoms with E-state index in [4.69, 9.17) is 11.2 Å². The van der Waals surface area contributed by atoms with Gasteiger partial charge in [0.1, 0.15) is 6.61 Å². The van der Waals surface area contributed by atoms with Crippen molar-refractivity contribution in [3.8, 4) is 12.3 Å². The molecule has 0 aliphatic carbocycles. The number of hydrogen-bond acceptors (Lipinski definition) is 3. The average molecular weight is 303 g/mol. The molecule has 0 heterocycles. The summed E-state index contributed by atoms with van der Waals surface area (Å²) in [5.74, 6) is 2.42. The molecular formula is C19H29NO2. The maximum atomic E-state index is 10.1. The van der Waals surface area contributed by atoms with Gasteiger partial charge in [0.05, 0.1) is 12.7 Å². The fourth-order valence-electron chi connectivity index (χ4n) is 2.48. The second-order valence-electron chi connectivity index (χ2n) is 5.99. The minimum absolute atomic E-state index is 0.247. The van der Waals surface area contributed by atoms with Crippen molar-refractivity contribution in [3.05, 3.63) is 34.9 Å². The molecule has 0 amide bonds. The first-order valence-electron chi connectivity index (χ1n) is 7.97. The van der Waals surface area contributed by atoms with Gasteiger partial charge in [-0.05, 0) is 38.3 Å². The quantitative estimate of drug-likeness (QED) is 0.562. The third kappa shape index (κ3) is 6.19. The van der Waals surface area contributed by atoms with Crippen molar-refractivity contribution in [1.29, 1.82) is 0 Å². The lowest BCUT2D eigenvalue weighted by molar-refractivity contribution is 0.0169. The van der Waals surface area contributed by atoms with Crippen LogP contribution in [0.25, 0.3) is 0 Å². The second-order valence-corrected chi connectivity index (χ2v) is 5.99. The molecule has 0 radical (unpaired) electrons. The van der Waals surface area contributed by atoms with Crippen LogP contribution in [0, 0.1) is 26.2 Å². The number of nitrogens with zero attached hydrogens (tertiary/aromatic N) is 1. The molecule has 0 aliphatic rings. The molecule has 0 unspecified atom stereocenters. The first-order valence-corrected chi connectivity index (χ1v) is 7.97. The van der Waals surface area contributed by atoms with Gasteiger partial charge < -0.3 is 9.84 Å². The third-order valence-corrected chi connectivity index (χ3v) is 4.03. The predicted molar refractivity (Wildman–Crippen MR) is 91.7 cm³/mol. The number of ether oxygens (including phenoxy) is 1. The van der Waals surface area contributed by atoms with Crippen LogP contribution in [-0.4, -0.2) is 41.9 Å². The Morgan fingerprint density at radius 2 is 2.09 bits per heavy atom. The second kappa shape index (κ2) is 9.63. The lowest BCUT2D eigenvalue weighted by Crippen LogP contribution is -2.40. The van der Waals surface area contributed by atoms with E-state index in [1.54, 1.807) is 0 Å². The molecule has 3 heteroatoms. The SMILES string of the molecule is C#CCOC[C@@H](O)CN(Cc1ccc(C)cc1C)[C@H](C)CC. The van der Waals surface area contributed by atoms with Crippen molar-refractivity contribution >= 4 is 0 Å². The van der Waals surface area contributed by atoms with Gasteiger partial charge in [-0.15, -0.1) is 6.42 Å². The zero-order chi connectivity index (χ0) is 16.5. The molecule has 1 aromatic rings. The fourth-order valence-corrected chi connectivity index (χ4v) is 2.48. The lowest BCUT2D eigenvalue weighted by atomic mass is 10.0. The van der Waals surface area contributed by atoms with Crippen LogP contribution in [0.3, 0.4) is 0 Å². The summed E-state index contributed by atoms with van der Waals surface area (Å²) >= 11 is 0. The van der Waals surface area contributed by atoms with Gasteiger partial charge >= 0.3 is 0 Å². The van der Waals surface area contributed by atoms with Gasteiger partial charge in [0.15, 0.2) is 0 Å². The molecule has 1 rings (SSSR count). The molecule has 0 aromatic heterocycles. The summed E-state index contributed by atoms with van der Waals surface area (Å²) in [7, 11) is 0. The van der Waals surface area contributed by atoms with Gasteiger partial charge in [-0.1, -0.05) is 36.6 Å². The maximum absolute atomic E-state index is 10.1. The number of benzene rings is 1. The van der Waals surface area contributed by atoms with Gasteiger partial charge in [-0.25, -0.2) is 0 Å².